The fraction of sp³-hybridized carbons (Fsp3) is 0.348. The predicted molar refractivity (Wildman–Crippen MR) is 119 cm³/mol. The summed E-state index contributed by atoms with van der Waals surface area (Å²) in [5.74, 6) is 0.489. The van der Waals surface area contributed by atoms with Crippen LogP contribution >= 0.6 is 11.6 Å². The van der Waals surface area contributed by atoms with Crippen LogP contribution in [0.5, 0.6) is 11.5 Å². The quantitative estimate of drug-likeness (QED) is 0.564. The Labute approximate surface area is 187 Å². The van der Waals surface area contributed by atoms with Crippen LogP contribution in [0.2, 0.25) is 5.02 Å². The number of para-hydroxylation sites is 1. The lowest BCUT2D eigenvalue weighted by molar-refractivity contribution is -0.125. The smallest absolute Gasteiger partial charge is 0.227 e. The third-order valence-electron chi connectivity index (χ3n) is 4.45. The maximum atomic E-state index is 12.6. The number of hydrogen-bond acceptors (Lipinski definition) is 5. The SMILES string of the molecule is CCOc1c(Cl)cc(CNC(=O)CCC(=O)N(CCC#N)c2ccccc2)cc1OC. The van der Waals surface area contributed by atoms with E-state index in [1.807, 2.05) is 31.2 Å². The van der Waals surface area contributed by atoms with Crippen molar-refractivity contribution in [2.45, 2.75) is 32.7 Å². The number of carbonyl (C=O) groups excluding carboxylic acids is 2. The number of ether oxygens (including phenoxy) is 2. The van der Waals surface area contributed by atoms with E-state index < -0.39 is 0 Å². The number of halogens is 1. The molecule has 1 N–H and O–H groups in total. The van der Waals surface area contributed by atoms with Crippen molar-refractivity contribution in [3.05, 3.63) is 53.1 Å². The highest BCUT2D eigenvalue weighted by Gasteiger charge is 2.17. The van der Waals surface area contributed by atoms with Crippen LogP contribution in [-0.2, 0) is 16.1 Å². The summed E-state index contributed by atoms with van der Waals surface area (Å²) in [6, 6.07) is 14.6. The Morgan fingerprint density at radius 3 is 2.58 bits per heavy atom. The summed E-state index contributed by atoms with van der Waals surface area (Å²) >= 11 is 6.25. The van der Waals surface area contributed by atoms with E-state index in [1.165, 1.54) is 12.0 Å². The van der Waals surface area contributed by atoms with Crippen molar-refractivity contribution in [2.24, 2.45) is 0 Å². The van der Waals surface area contributed by atoms with Gasteiger partial charge in [-0.3, -0.25) is 9.59 Å². The zero-order valence-electron chi connectivity index (χ0n) is 17.7. The Kier molecular flexibility index (Phi) is 9.66. The fourth-order valence-corrected chi connectivity index (χ4v) is 3.26. The monoisotopic (exact) mass is 443 g/mol. The number of methoxy groups -OCH3 is 1. The van der Waals surface area contributed by atoms with Crippen molar-refractivity contribution in [3.63, 3.8) is 0 Å². The number of benzene rings is 2. The van der Waals surface area contributed by atoms with E-state index >= 15 is 0 Å². The molecule has 0 spiro atoms. The van der Waals surface area contributed by atoms with E-state index in [0.717, 1.165) is 5.56 Å². The molecule has 0 saturated heterocycles. The van der Waals surface area contributed by atoms with Gasteiger partial charge in [0.2, 0.25) is 11.8 Å². The maximum absolute atomic E-state index is 12.6. The lowest BCUT2D eigenvalue weighted by Crippen LogP contribution is -2.33. The normalized spacial score (nSPS) is 10.1. The maximum Gasteiger partial charge on any atom is 0.227 e. The molecule has 0 unspecified atom stereocenters. The van der Waals surface area contributed by atoms with Gasteiger partial charge in [0.05, 0.1) is 31.2 Å². The highest BCUT2D eigenvalue weighted by atomic mass is 35.5. The molecule has 0 saturated carbocycles. The summed E-state index contributed by atoms with van der Waals surface area (Å²) in [6.45, 7) is 2.83. The van der Waals surface area contributed by atoms with Crippen molar-refractivity contribution in [1.82, 2.24) is 5.32 Å². The minimum Gasteiger partial charge on any atom is -0.493 e. The average Bonchev–Trinajstić information content (AvgIpc) is 2.78. The summed E-state index contributed by atoms with van der Waals surface area (Å²) < 4.78 is 10.8. The van der Waals surface area contributed by atoms with E-state index in [2.05, 4.69) is 5.32 Å². The molecule has 31 heavy (non-hydrogen) atoms. The Morgan fingerprint density at radius 1 is 1.19 bits per heavy atom. The summed E-state index contributed by atoms with van der Waals surface area (Å²) in [6.07, 6.45) is 0.295. The number of nitrogens with zero attached hydrogens (tertiary/aromatic N) is 2. The van der Waals surface area contributed by atoms with Gasteiger partial charge in [-0.2, -0.15) is 5.26 Å². The second-order valence-electron chi connectivity index (χ2n) is 6.61. The van der Waals surface area contributed by atoms with Crippen molar-refractivity contribution in [1.29, 1.82) is 5.26 Å². The van der Waals surface area contributed by atoms with Crippen LogP contribution in [0.1, 0.15) is 31.7 Å². The molecule has 0 aromatic heterocycles. The summed E-state index contributed by atoms with van der Waals surface area (Å²) in [5, 5.41) is 12.1. The second kappa shape index (κ2) is 12.5. The Balaban J connectivity index is 1.93. The van der Waals surface area contributed by atoms with E-state index in [4.69, 9.17) is 26.3 Å². The average molecular weight is 444 g/mol. The number of rotatable bonds is 11. The van der Waals surface area contributed by atoms with Crippen LogP contribution in [0, 0.1) is 11.3 Å². The first kappa shape index (κ1) is 24.0. The van der Waals surface area contributed by atoms with Crippen molar-refractivity contribution >= 4 is 29.1 Å². The Morgan fingerprint density at radius 2 is 1.94 bits per heavy atom. The molecule has 0 aliphatic carbocycles. The van der Waals surface area contributed by atoms with Crippen LogP contribution < -0.4 is 19.7 Å². The second-order valence-corrected chi connectivity index (χ2v) is 7.02. The lowest BCUT2D eigenvalue weighted by atomic mass is 10.2. The molecular weight excluding hydrogens is 418 g/mol. The Hall–Kier alpha value is -3.24. The van der Waals surface area contributed by atoms with Gasteiger partial charge in [0.1, 0.15) is 0 Å². The third kappa shape index (κ3) is 7.19. The molecule has 7 nitrogen and oxygen atoms in total. The largest absolute Gasteiger partial charge is 0.493 e. The first-order valence-corrected chi connectivity index (χ1v) is 10.4. The van der Waals surface area contributed by atoms with Crippen molar-refractivity contribution in [3.8, 4) is 17.6 Å². The van der Waals surface area contributed by atoms with Gasteiger partial charge in [0.25, 0.3) is 0 Å². The lowest BCUT2D eigenvalue weighted by Gasteiger charge is -2.21. The molecule has 164 valence electrons. The number of hydrogen-bond donors (Lipinski definition) is 1. The molecular formula is C23H26ClN3O4. The topological polar surface area (TPSA) is 91.7 Å². The minimum atomic E-state index is -0.259. The zero-order chi connectivity index (χ0) is 22.6. The van der Waals surface area contributed by atoms with E-state index in [9.17, 15) is 9.59 Å². The first-order chi connectivity index (χ1) is 15.0. The minimum absolute atomic E-state index is 0.0383. The number of carbonyl (C=O) groups is 2. The van der Waals surface area contributed by atoms with Gasteiger partial charge in [-0.25, -0.2) is 0 Å². The third-order valence-corrected chi connectivity index (χ3v) is 4.73. The van der Waals surface area contributed by atoms with Gasteiger partial charge >= 0.3 is 0 Å². The molecule has 2 aromatic carbocycles. The highest BCUT2D eigenvalue weighted by Crippen LogP contribution is 2.36. The van der Waals surface area contributed by atoms with Gasteiger partial charge < -0.3 is 19.7 Å². The van der Waals surface area contributed by atoms with Crippen molar-refractivity contribution < 1.29 is 19.1 Å². The first-order valence-electron chi connectivity index (χ1n) is 9.98. The molecule has 0 radical (unpaired) electrons. The van der Waals surface area contributed by atoms with Gasteiger partial charge in [0, 0.05) is 31.6 Å². The summed E-state index contributed by atoms with van der Waals surface area (Å²) in [7, 11) is 1.52. The molecule has 0 atom stereocenters. The van der Waals surface area contributed by atoms with Gasteiger partial charge in [0.15, 0.2) is 11.5 Å². The van der Waals surface area contributed by atoms with Crippen LogP contribution in [0.25, 0.3) is 0 Å². The van der Waals surface area contributed by atoms with E-state index in [1.54, 1.807) is 24.3 Å². The zero-order valence-corrected chi connectivity index (χ0v) is 18.4. The predicted octanol–water partition coefficient (Wildman–Crippen LogP) is 4.09. The van der Waals surface area contributed by atoms with Gasteiger partial charge in [-0.05, 0) is 36.8 Å². The number of anilines is 1. The Bertz CT molecular complexity index is 928. The summed E-state index contributed by atoms with van der Waals surface area (Å²) in [5.41, 5.74) is 1.46. The van der Waals surface area contributed by atoms with Crippen LogP contribution in [-0.4, -0.2) is 32.1 Å². The molecule has 0 fully saturated rings. The van der Waals surface area contributed by atoms with Crippen molar-refractivity contribution in [2.75, 3.05) is 25.2 Å². The highest BCUT2D eigenvalue weighted by molar-refractivity contribution is 6.32. The van der Waals surface area contributed by atoms with E-state index in [-0.39, 0.29) is 44.2 Å². The molecule has 0 aliphatic rings. The molecule has 8 heteroatoms. The fourth-order valence-electron chi connectivity index (χ4n) is 2.97. The number of nitrogens with one attached hydrogen (secondary N) is 1. The molecule has 0 heterocycles. The van der Waals surface area contributed by atoms with Crippen LogP contribution in [0.3, 0.4) is 0 Å². The van der Waals surface area contributed by atoms with Gasteiger partial charge in [-0.1, -0.05) is 29.8 Å². The number of amides is 2. The van der Waals surface area contributed by atoms with E-state index in [0.29, 0.717) is 28.8 Å². The summed E-state index contributed by atoms with van der Waals surface area (Å²) in [4.78, 5) is 26.5. The standard InChI is InChI=1S/C23H26ClN3O4/c1-3-31-23-19(24)14-17(15-20(23)30-2)16-26-21(28)10-11-22(29)27(13-7-12-25)18-8-5-4-6-9-18/h4-6,8-9,14-15H,3,7,10-11,13,16H2,1-2H3,(H,26,28). The molecule has 2 aromatic rings. The molecule has 2 amide bonds. The molecule has 0 aliphatic heterocycles. The van der Waals surface area contributed by atoms with Gasteiger partial charge in [-0.15, -0.1) is 0 Å². The molecule has 2 rings (SSSR count). The number of nitriles is 1. The molecule has 0 bridgehead atoms. The van der Waals surface area contributed by atoms with Crippen LogP contribution in [0.15, 0.2) is 42.5 Å². The van der Waals surface area contributed by atoms with Crippen LogP contribution in [0.4, 0.5) is 5.69 Å².